The van der Waals surface area contributed by atoms with Gasteiger partial charge in [0.05, 0.1) is 6.33 Å². The molecule has 1 aliphatic heterocycles. The fourth-order valence-corrected chi connectivity index (χ4v) is 4.77. The number of nitrogens with one attached hydrogen (secondary N) is 1. The Balaban J connectivity index is 1.53. The summed E-state index contributed by atoms with van der Waals surface area (Å²) in [6, 6.07) is 7.62. The zero-order valence-corrected chi connectivity index (χ0v) is 19.4. The molecule has 7 nitrogen and oxygen atoms in total. The van der Waals surface area contributed by atoms with Crippen LogP contribution in [0.1, 0.15) is 31.2 Å². The van der Waals surface area contributed by atoms with Crippen molar-refractivity contribution in [3.8, 4) is 0 Å². The second kappa shape index (κ2) is 10.2. The lowest BCUT2D eigenvalue weighted by atomic mass is 9.92. The number of rotatable bonds is 6. The molecule has 1 saturated heterocycles. The first kappa shape index (κ1) is 25.0. The molecule has 2 amide bonds. The molecule has 0 saturated carbocycles. The lowest BCUT2D eigenvalue weighted by Gasteiger charge is -2.37. The van der Waals surface area contributed by atoms with Crippen LogP contribution in [-0.2, 0) is 20.9 Å². The predicted octanol–water partition coefficient (Wildman–Crippen LogP) is 4.22. The second-order valence-electron chi connectivity index (χ2n) is 8.41. The SMILES string of the molecule is O=C(NC1=CC=C(c2ccccc2)C(Cl)(OC(F)(F)F)C1)C1CCCCN1C(=O)Cn1ccnc1. The number of hydrogen-bond acceptors (Lipinski definition) is 4. The Morgan fingerprint density at radius 1 is 1.20 bits per heavy atom. The summed E-state index contributed by atoms with van der Waals surface area (Å²) in [5, 5.41) is 0.415. The quantitative estimate of drug-likeness (QED) is 0.593. The van der Waals surface area contributed by atoms with Gasteiger partial charge in [-0.1, -0.05) is 48.0 Å². The number of carbonyl (C=O) groups excluding carboxylic acids is 2. The molecule has 0 spiro atoms. The van der Waals surface area contributed by atoms with Gasteiger partial charge in [-0.15, -0.1) is 13.2 Å². The molecular weight excluding hydrogens is 485 g/mol. The van der Waals surface area contributed by atoms with Crippen LogP contribution in [0.25, 0.3) is 5.57 Å². The van der Waals surface area contributed by atoms with E-state index in [1.165, 1.54) is 23.4 Å². The minimum absolute atomic E-state index is 0.0415. The highest BCUT2D eigenvalue weighted by molar-refractivity contribution is 6.29. The van der Waals surface area contributed by atoms with E-state index < -0.39 is 29.8 Å². The van der Waals surface area contributed by atoms with Crippen LogP contribution in [0.4, 0.5) is 13.2 Å². The summed E-state index contributed by atoms with van der Waals surface area (Å²) in [4.78, 5) is 31.4. The fourth-order valence-electron chi connectivity index (χ4n) is 4.37. The van der Waals surface area contributed by atoms with Crippen molar-refractivity contribution in [1.82, 2.24) is 19.8 Å². The van der Waals surface area contributed by atoms with Gasteiger partial charge in [0.2, 0.25) is 11.8 Å². The maximum Gasteiger partial charge on any atom is 0.524 e. The van der Waals surface area contributed by atoms with Crippen molar-refractivity contribution < 1.29 is 27.5 Å². The van der Waals surface area contributed by atoms with Crippen molar-refractivity contribution >= 4 is 29.0 Å². The van der Waals surface area contributed by atoms with Crippen molar-refractivity contribution in [2.75, 3.05) is 6.54 Å². The maximum atomic E-state index is 13.3. The molecule has 0 radical (unpaired) electrons. The van der Waals surface area contributed by atoms with E-state index in [1.807, 2.05) is 0 Å². The van der Waals surface area contributed by atoms with Crippen LogP contribution in [0.2, 0.25) is 0 Å². The van der Waals surface area contributed by atoms with Crippen LogP contribution >= 0.6 is 11.6 Å². The number of allylic oxidation sites excluding steroid dienone is 2. The van der Waals surface area contributed by atoms with Gasteiger partial charge in [0, 0.05) is 36.6 Å². The molecule has 2 aromatic rings. The van der Waals surface area contributed by atoms with Gasteiger partial charge in [-0.25, -0.2) is 4.98 Å². The van der Waals surface area contributed by atoms with Gasteiger partial charge in [-0.3, -0.25) is 14.3 Å². The minimum atomic E-state index is -5.00. The fraction of sp³-hybridized carbons (Fsp3) is 0.375. The first-order valence-electron chi connectivity index (χ1n) is 11.1. The van der Waals surface area contributed by atoms with E-state index in [0.29, 0.717) is 18.5 Å². The Morgan fingerprint density at radius 3 is 2.66 bits per heavy atom. The number of piperidine rings is 1. The molecule has 1 fully saturated rings. The number of alkyl halides is 4. The molecule has 35 heavy (non-hydrogen) atoms. The van der Waals surface area contributed by atoms with E-state index in [1.54, 1.807) is 47.3 Å². The smallest absolute Gasteiger partial charge is 0.329 e. The molecule has 1 aromatic heterocycles. The largest absolute Gasteiger partial charge is 0.524 e. The van der Waals surface area contributed by atoms with E-state index in [-0.39, 0.29) is 23.7 Å². The Morgan fingerprint density at radius 2 is 1.97 bits per heavy atom. The van der Waals surface area contributed by atoms with Gasteiger partial charge in [-0.2, -0.15) is 0 Å². The number of carbonyl (C=O) groups is 2. The lowest BCUT2D eigenvalue weighted by Crippen LogP contribution is -2.53. The molecule has 186 valence electrons. The number of imidazole rings is 1. The molecule has 11 heteroatoms. The molecule has 2 heterocycles. The van der Waals surface area contributed by atoms with E-state index in [2.05, 4.69) is 15.0 Å². The second-order valence-corrected chi connectivity index (χ2v) is 9.02. The van der Waals surface area contributed by atoms with Crippen molar-refractivity contribution in [3.63, 3.8) is 0 Å². The van der Waals surface area contributed by atoms with E-state index in [4.69, 9.17) is 11.6 Å². The Kier molecular flexibility index (Phi) is 7.32. The number of halogens is 4. The van der Waals surface area contributed by atoms with Gasteiger partial charge in [0.25, 0.3) is 0 Å². The monoisotopic (exact) mass is 508 g/mol. The van der Waals surface area contributed by atoms with Crippen LogP contribution in [0.15, 0.2) is 66.9 Å². The van der Waals surface area contributed by atoms with Gasteiger partial charge >= 0.3 is 6.36 Å². The van der Waals surface area contributed by atoms with Crippen molar-refractivity contribution in [1.29, 1.82) is 0 Å². The first-order valence-corrected chi connectivity index (χ1v) is 11.5. The molecule has 0 bridgehead atoms. The summed E-state index contributed by atoms with van der Waals surface area (Å²) >= 11 is 6.41. The zero-order chi connectivity index (χ0) is 25.1. The van der Waals surface area contributed by atoms with Crippen molar-refractivity contribution in [3.05, 3.63) is 72.5 Å². The van der Waals surface area contributed by atoms with E-state index >= 15 is 0 Å². The Labute approximate surface area is 205 Å². The maximum absolute atomic E-state index is 13.3. The topological polar surface area (TPSA) is 76.5 Å². The number of benzene rings is 1. The minimum Gasteiger partial charge on any atom is -0.329 e. The molecule has 1 aliphatic carbocycles. The molecular formula is C24H24ClF3N4O3. The summed E-state index contributed by atoms with van der Waals surface area (Å²) in [5.74, 6) is -0.712. The summed E-state index contributed by atoms with van der Waals surface area (Å²) in [7, 11) is 0. The summed E-state index contributed by atoms with van der Waals surface area (Å²) in [6.07, 6.45) is 4.20. The standard InChI is InChI=1S/C24H24ClF3N4O3/c25-23(35-24(26,27)28)14-18(9-10-19(23)17-6-2-1-3-7-17)30-22(34)20-8-4-5-12-32(20)21(33)15-31-13-11-29-16-31/h1-3,6-7,9-11,13,16,20H,4-5,8,12,14-15H2,(H,30,34). The number of ether oxygens (including phenoxy) is 1. The van der Waals surface area contributed by atoms with Crippen molar-refractivity contribution in [2.45, 2.75) is 49.7 Å². The first-order chi connectivity index (χ1) is 16.6. The summed E-state index contributed by atoms with van der Waals surface area (Å²) in [5.41, 5.74) is 0.767. The number of hydrogen-bond donors (Lipinski definition) is 1. The highest BCUT2D eigenvalue weighted by atomic mass is 35.5. The Hall–Kier alpha value is -3.11. The molecule has 2 atom stereocenters. The summed E-state index contributed by atoms with van der Waals surface area (Å²) in [6.45, 7) is 0.458. The van der Waals surface area contributed by atoms with E-state index in [9.17, 15) is 22.8 Å². The number of aromatic nitrogens is 2. The number of likely N-dealkylation sites (tertiary alicyclic amines) is 1. The third-order valence-corrected chi connectivity index (χ3v) is 6.33. The predicted molar refractivity (Wildman–Crippen MR) is 123 cm³/mol. The van der Waals surface area contributed by atoms with Gasteiger partial charge < -0.3 is 14.8 Å². The van der Waals surface area contributed by atoms with Crippen molar-refractivity contribution in [2.24, 2.45) is 0 Å². The van der Waals surface area contributed by atoms with Gasteiger partial charge in [0.1, 0.15) is 12.6 Å². The number of amides is 2. The van der Waals surface area contributed by atoms with Crippen LogP contribution in [0, 0.1) is 0 Å². The average Bonchev–Trinajstić information content (AvgIpc) is 3.31. The normalized spacial score (nSPS) is 22.9. The molecule has 1 N–H and O–H groups in total. The van der Waals surface area contributed by atoms with Gasteiger partial charge in [-0.05, 0) is 30.9 Å². The number of nitrogens with zero attached hydrogens (tertiary/aromatic N) is 3. The average molecular weight is 509 g/mol. The summed E-state index contributed by atoms with van der Waals surface area (Å²) < 4.78 is 45.7. The highest BCUT2D eigenvalue weighted by Gasteiger charge is 2.47. The zero-order valence-electron chi connectivity index (χ0n) is 18.7. The van der Waals surface area contributed by atoms with Crippen LogP contribution < -0.4 is 5.32 Å². The van der Waals surface area contributed by atoms with Crippen LogP contribution in [-0.4, -0.2) is 50.3 Å². The van der Waals surface area contributed by atoms with Crippen LogP contribution in [0.5, 0.6) is 0 Å². The van der Waals surface area contributed by atoms with Gasteiger partial charge in [0.15, 0.2) is 5.06 Å². The Bertz CT molecular complexity index is 1120. The molecule has 2 aliphatic rings. The third kappa shape index (κ3) is 6.12. The molecule has 1 aromatic carbocycles. The van der Waals surface area contributed by atoms with Crippen LogP contribution in [0.3, 0.4) is 0 Å². The molecule has 2 unspecified atom stereocenters. The lowest BCUT2D eigenvalue weighted by molar-refractivity contribution is -0.342. The van der Waals surface area contributed by atoms with E-state index in [0.717, 1.165) is 12.8 Å². The highest BCUT2D eigenvalue weighted by Crippen LogP contribution is 2.45. The molecule has 4 rings (SSSR count). The third-order valence-electron chi connectivity index (χ3n) is 5.92.